The summed E-state index contributed by atoms with van der Waals surface area (Å²) in [4.78, 5) is 13.6. The summed E-state index contributed by atoms with van der Waals surface area (Å²) in [6.45, 7) is -0.294. The van der Waals surface area contributed by atoms with E-state index in [1.807, 2.05) is 72.8 Å². The second-order valence-electron chi connectivity index (χ2n) is 11.4. The lowest BCUT2D eigenvalue weighted by Gasteiger charge is -2.36. The van der Waals surface area contributed by atoms with Gasteiger partial charge in [-0.1, -0.05) is 78.9 Å². The number of rotatable bonds is 10. The van der Waals surface area contributed by atoms with E-state index < -0.39 is 46.8 Å². The molecule has 1 saturated heterocycles. The first-order chi connectivity index (χ1) is 23.7. The molecule has 5 nitrogen and oxygen atoms in total. The molecule has 0 bridgehead atoms. The third-order valence-electron chi connectivity index (χ3n) is 8.10. The largest absolute Gasteiger partial charge is 0.392 e. The summed E-state index contributed by atoms with van der Waals surface area (Å²) in [6, 6.07) is 32.2. The fraction of sp³-hybridized carbons (Fsp3) is 0.184. The minimum absolute atomic E-state index is 0.0560. The maximum atomic E-state index is 14.1. The monoisotopic (exact) mass is 691 g/mol. The SMILES string of the molecule is O=C(NCc1cccc(-c2cccc([C@@H]3O[C@H](CSc4ccccc4)C[C@H](c4ccc(CO)cc4)O3)c2)c1)c1c(F)c(F)c(F)c(F)c1F. The van der Waals surface area contributed by atoms with Crippen molar-refractivity contribution in [2.24, 2.45) is 0 Å². The third-order valence-corrected chi connectivity index (χ3v) is 9.25. The van der Waals surface area contributed by atoms with Gasteiger partial charge in [0.1, 0.15) is 5.56 Å². The average Bonchev–Trinajstić information content (AvgIpc) is 3.15. The van der Waals surface area contributed by atoms with Gasteiger partial charge in [-0.2, -0.15) is 0 Å². The zero-order valence-electron chi connectivity index (χ0n) is 25.8. The van der Waals surface area contributed by atoms with Crippen LogP contribution in [0.2, 0.25) is 0 Å². The molecule has 0 aliphatic carbocycles. The average molecular weight is 692 g/mol. The topological polar surface area (TPSA) is 67.8 Å². The molecule has 0 spiro atoms. The molecule has 1 aliphatic rings. The van der Waals surface area contributed by atoms with Crippen molar-refractivity contribution in [2.45, 2.75) is 43.0 Å². The van der Waals surface area contributed by atoms with Gasteiger partial charge >= 0.3 is 0 Å². The molecular weight excluding hydrogens is 661 g/mol. The van der Waals surface area contributed by atoms with Crippen molar-refractivity contribution in [2.75, 3.05) is 5.75 Å². The Morgan fingerprint density at radius 3 is 2.06 bits per heavy atom. The van der Waals surface area contributed by atoms with Gasteiger partial charge in [-0.15, -0.1) is 11.8 Å². The predicted octanol–water partition coefficient (Wildman–Crippen LogP) is 8.81. The summed E-state index contributed by atoms with van der Waals surface area (Å²) in [5.41, 5.74) is 3.06. The van der Waals surface area contributed by atoms with Crippen molar-refractivity contribution in [3.63, 3.8) is 0 Å². The first kappa shape index (κ1) is 34.3. The number of benzene rings is 5. The van der Waals surface area contributed by atoms with Gasteiger partial charge in [0, 0.05) is 29.2 Å². The van der Waals surface area contributed by atoms with Crippen LogP contribution in [-0.4, -0.2) is 22.9 Å². The highest BCUT2D eigenvalue weighted by molar-refractivity contribution is 7.99. The Bertz CT molecular complexity index is 1910. The van der Waals surface area contributed by atoms with Crippen LogP contribution in [0.4, 0.5) is 22.0 Å². The smallest absolute Gasteiger partial charge is 0.257 e. The Morgan fingerprint density at radius 1 is 0.714 bits per heavy atom. The molecule has 1 aliphatic heterocycles. The second kappa shape index (κ2) is 15.3. The van der Waals surface area contributed by atoms with Gasteiger partial charge in [-0.25, -0.2) is 22.0 Å². The molecule has 11 heteroatoms. The van der Waals surface area contributed by atoms with Crippen LogP contribution in [0, 0.1) is 29.1 Å². The molecule has 5 aromatic rings. The van der Waals surface area contributed by atoms with Crippen molar-refractivity contribution in [3.05, 3.63) is 160 Å². The Balaban J connectivity index is 1.20. The predicted molar refractivity (Wildman–Crippen MR) is 175 cm³/mol. The van der Waals surface area contributed by atoms with E-state index in [1.54, 1.807) is 30.0 Å². The van der Waals surface area contributed by atoms with E-state index >= 15 is 0 Å². The number of hydrogen-bond donors (Lipinski definition) is 2. The Morgan fingerprint density at radius 2 is 1.37 bits per heavy atom. The molecule has 3 atom stereocenters. The molecule has 0 unspecified atom stereocenters. The molecular formula is C38H30F5NO4S. The molecule has 1 heterocycles. The van der Waals surface area contributed by atoms with E-state index in [4.69, 9.17) is 9.47 Å². The van der Waals surface area contributed by atoms with Crippen LogP contribution in [0.15, 0.2) is 108 Å². The van der Waals surface area contributed by atoms with Crippen LogP contribution in [-0.2, 0) is 22.6 Å². The van der Waals surface area contributed by atoms with Gasteiger partial charge < -0.3 is 19.9 Å². The number of hydrogen-bond acceptors (Lipinski definition) is 5. The van der Waals surface area contributed by atoms with Crippen molar-refractivity contribution in [3.8, 4) is 11.1 Å². The first-order valence-electron chi connectivity index (χ1n) is 15.4. The molecule has 1 amide bonds. The van der Waals surface area contributed by atoms with Gasteiger partial charge in [-0.3, -0.25) is 4.79 Å². The number of thioether (sulfide) groups is 1. The van der Waals surface area contributed by atoms with E-state index in [-0.39, 0.29) is 25.4 Å². The molecule has 5 aromatic carbocycles. The van der Waals surface area contributed by atoms with Gasteiger partial charge in [0.15, 0.2) is 29.6 Å². The van der Waals surface area contributed by atoms with Gasteiger partial charge in [0.25, 0.3) is 5.91 Å². The molecule has 2 N–H and O–H groups in total. The van der Waals surface area contributed by atoms with E-state index in [0.29, 0.717) is 17.7 Å². The molecule has 252 valence electrons. The lowest BCUT2D eigenvalue weighted by molar-refractivity contribution is -0.245. The highest BCUT2D eigenvalue weighted by atomic mass is 32.2. The fourth-order valence-corrected chi connectivity index (χ4v) is 6.47. The maximum Gasteiger partial charge on any atom is 0.257 e. The Hall–Kier alpha value is -4.55. The standard InChI is InChI=1S/C38H30F5NO4S/c39-32-31(33(40)35(42)36(43)34(32)41)37(46)44-19-23-6-4-7-25(16-23)26-8-5-9-27(17-26)38-47-28(21-49-29-10-2-1-3-11-29)18-30(48-38)24-14-12-22(20-45)13-15-24/h1-17,28,30,38,45H,18-21H2,(H,44,46)/t28-,30+,38+/m0/s1. The highest BCUT2D eigenvalue weighted by Crippen LogP contribution is 2.40. The molecule has 0 radical (unpaired) electrons. The molecule has 49 heavy (non-hydrogen) atoms. The van der Waals surface area contributed by atoms with E-state index in [9.17, 15) is 31.9 Å². The normalized spacial score (nSPS) is 17.6. The summed E-state index contributed by atoms with van der Waals surface area (Å²) in [5, 5.41) is 11.7. The minimum atomic E-state index is -2.33. The number of amides is 1. The summed E-state index contributed by atoms with van der Waals surface area (Å²) >= 11 is 1.70. The number of ether oxygens (including phenoxy) is 2. The van der Waals surface area contributed by atoms with Gasteiger partial charge in [0.2, 0.25) is 5.82 Å². The Kier molecular flexibility index (Phi) is 10.7. The highest BCUT2D eigenvalue weighted by Gasteiger charge is 2.33. The van der Waals surface area contributed by atoms with Gasteiger partial charge in [-0.05, 0) is 52.1 Å². The van der Waals surface area contributed by atoms with Crippen molar-refractivity contribution < 1.29 is 41.3 Å². The van der Waals surface area contributed by atoms with Gasteiger partial charge in [0.05, 0.1) is 18.8 Å². The lowest BCUT2D eigenvalue weighted by atomic mass is 9.99. The fourth-order valence-electron chi connectivity index (χ4n) is 5.53. The van der Waals surface area contributed by atoms with Crippen molar-refractivity contribution in [1.82, 2.24) is 5.32 Å². The van der Waals surface area contributed by atoms with E-state index in [2.05, 4.69) is 17.4 Å². The quantitative estimate of drug-likeness (QED) is 0.0664. The molecule has 0 saturated carbocycles. The van der Waals surface area contributed by atoms with Crippen LogP contribution < -0.4 is 5.32 Å². The summed E-state index contributed by atoms with van der Waals surface area (Å²) in [6.07, 6.45) is -0.463. The molecule has 0 aromatic heterocycles. The van der Waals surface area contributed by atoms with Crippen LogP contribution in [0.3, 0.4) is 0 Å². The molecule has 6 rings (SSSR count). The minimum Gasteiger partial charge on any atom is -0.392 e. The number of nitrogens with one attached hydrogen (secondary N) is 1. The zero-order chi connectivity index (χ0) is 34.5. The van der Waals surface area contributed by atoms with Crippen LogP contribution in [0.5, 0.6) is 0 Å². The van der Waals surface area contributed by atoms with Crippen LogP contribution in [0.1, 0.15) is 51.4 Å². The number of aliphatic hydroxyl groups excluding tert-OH is 1. The maximum absolute atomic E-state index is 14.1. The second-order valence-corrected chi connectivity index (χ2v) is 12.5. The first-order valence-corrected chi connectivity index (χ1v) is 16.4. The number of carbonyl (C=O) groups is 1. The summed E-state index contributed by atoms with van der Waals surface area (Å²) in [5.74, 6) is -11.8. The molecule has 1 fully saturated rings. The van der Waals surface area contributed by atoms with Crippen LogP contribution >= 0.6 is 11.8 Å². The van der Waals surface area contributed by atoms with Crippen LogP contribution in [0.25, 0.3) is 11.1 Å². The number of carbonyl (C=O) groups excluding carboxylic acids is 1. The summed E-state index contributed by atoms with van der Waals surface area (Å²) < 4.78 is 82.0. The number of halogens is 5. The summed E-state index contributed by atoms with van der Waals surface area (Å²) in [7, 11) is 0. The third kappa shape index (κ3) is 7.86. The number of aliphatic hydroxyl groups is 1. The van der Waals surface area contributed by atoms with E-state index in [0.717, 1.165) is 32.7 Å². The van der Waals surface area contributed by atoms with Crippen molar-refractivity contribution in [1.29, 1.82) is 0 Å². The zero-order valence-corrected chi connectivity index (χ0v) is 26.7. The van der Waals surface area contributed by atoms with Crippen molar-refractivity contribution >= 4 is 17.7 Å². The Labute approximate surface area is 283 Å². The lowest BCUT2D eigenvalue weighted by Crippen LogP contribution is -2.31. The van der Waals surface area contributed by atoms with E-state index in [1.165, 1.54) is 0 Å².